The number of hydrogen-bond acceptors (Lipinski definition) is 8. The molecule has 2 aromatic rings. The number of nitrogens with one attached hydrogen (secondary N) is 4. The number of aryl methyl sites for hydroxylation is 1. The summed E-state index contributed by atoms with van der Waals surface area (Å²) in [6.07, 6.45) is -0.908. The molecule has 0 aliphatic rings. The molecule has 0 aliphatic carbocycles. The lowest BCUT2D eigenvalue weighted by Gasteiger charge is -2.16. The van der Waals surface area contributed by atoms with E-state index in [1.165, 1.54) is 25.3 Å². The fourth-order valence-electron chi connectivity index (χ4n) is 2.37. The number of rotatable bonds is 7. The van der Waals surface area contributed by atoms with Crippen LogP contribution in [0.1, 0.15) is 5.56 Å². The molecular weight excluding hydrogens is 428 g/mol. The van der Waals surface area contributed by atoms with Crippen LogP contribution in [0.5, 0.6) is 5.75 Å². The van der Waals surface area contributed by atoms with Gasteiger partial charge in [-0.3, -0.25) is 15.5 Å². The normalized spacial score (nSPS) is 10.7. The first-order valence-corrected chi connectivity index (χ1v) is 10.2. The molecule has 0 saturated carbocycles. The minimum Gasteiger partial charge on any atom is -0.453 e. The summed E-state index contributed by atoms with van der Waals surface area (Å²) >= 11 is 0. The number of methoxy groups -OCH3 is 2. The highest BCUT2D eigenvalue weighted by Crippen LogP contribution is 2.28. The number of ether oxygens (including phenoxy) is 2. The van der Waals surface area contributed by atoms with Crippen LogP contribution in [-0.4, -0.2) is 47.2 Å². The standard InChI is InChI=1S/C19H22N4O7S/c1-12-5-4-6-13(9-12)30-31(26,27)14-7-8-15(21-17(24)11-28-2)16(10-14)22-18(20)23-19(25)29-3/h4-10H,11H2,1-3H3,(H,21,24)(H3,20,22,23,25). The summed E-state index contributed by atoms with van der Waals surface area (Å²) in [5.41, 5.74) is 0.973. The molecule has 4 N–H and O–H groups in total. The van der Waals surface area contributed by atoms with Crippen molar-refractivity contribution in [3.63, 3.8) is 0 Å². The molecule has 0 spiro atoms. The summed E-state index contributed by atoms with van der Waals surface area (Å²) in [6.45, 7) is 1.55. The fourth-order valence-corrected chi connectivity index (χ4v) is 3.32. The molecule has 0 fully saturated rings. The number of alkyl carbamates (subject to hydrolysis) is 1. The first-order chi connectivity index (χ1) is 14.6. The third kappa shape index (κ3) is 6.97. The van der Waals surface area contributed by atoms with Gasteiger partial charge < -0.3 is 24.3 Å². The molecule has 31 heavy (non-hydrogen) atoms. The Morgan fingerprint density at radius 3 is 2.42 bits per heavy atom. The van der Waals surface area contributed by atoms with Gasteiger partial charge in [-0.1, -0.05) is 12.1 Å². The van der Waals surface area contributed by atoms with Crippen LogP contribution in [0.4, 0.5) is 16.2 Å². The quantitative estimate of drug-likeness (QED) is 0.284. The summed E-state index contributed by atoms with van der Waals surface area (Å²) in [5, 5.41) is 14.9. The van der Waals surface area contributed by atoms with Crippen molar-refractivity contribution in [2.24, 2.45) is 0 Å². The SMILES string of the molecule is COCC(=O)Nc1ccc(S(=O)(=O)Oc2cccc(C)c2)cc1NC(=N)NC(=O)OC. The molecule has 0 radical (unpaired) electrons. The van der Waals surface area contributed by atoms with E-state index < -0.39 is 28.1 Å². The Kier molecular flexibility index (Phi) is 7.94. The third-order valence-corrected chi connectivity index (χ3v) is 4.94. The maximum absolute atomic E-state index is 12.7. The number of hydrogen-bond donors (Lipinski definition) is 4. The Morgan fingerprint density at radius 1 is 1.03 bits per heavy atom. The van der Waals surface area contributed by atoms with Crippen LogP contribution >= 0.6 is 0 Å². The number of amides is 2. The average Bonchev–Trinajstić information content (AvgIpc) is 2.68. The molecule has 0 bridgehead atoms. The second-order valence-electron chi connectivity index (χ2n) is 6.16. The largest absolute Gasteiger partial charge is 0.453 e. The Morgan fingerprint density at radius 2 is 1.77 bits per heavy atom. The molecule has 0 aromatic heterocycles. The predicted molar refractivity (Wildman–Crippen MR) is 113 cm³/mol. The monoisotopic (exact) mass is 450 g/mol. The van der Waals surface area contributed by atoms with Gasteiger partial charge in [-0.05, 0) is 42.8 Å². The van der Waals surface area contributed by atoms with Crippen molar-refractivity contribution in [1.29, 1.82) is 5.41 Å². The average molecular weight is 450 g/mol. The van der Waals surface area contributed by atoms with Gasteiger partial charge in [-0.2, -0.15) is 8.42 Å². The van der Waals surface area contributed by atoms with Crippen molar-refractivity contribution in [3.05, 3.63) is 48.0 Å². The van der Waals surface area contributed by atoms with Crippen LogP contribution in [-0.2, 0) is 24.4 Å². The van der Waals surface area contributed by atoms with Gasteiger partial charge in [0.2, 0.25) is 11.9 Å². The predicted octanol–water partition coefficient (Wildman–Crippen LogP) is 2.05. The third-order valence-electron chi connectivity index (χ3n) is 3.70. The van der Waals surface area contributed by atoms with Crippen LogP contribution in [0.3, 0.4) is 0 Å². The molecule has 0 aliphatic heterocycles. The first-order valence-electron chi connectivity index (χ1n) is 8.79. The smallest absolute Gasteiger partial charge is 0.413 e. The molecule has 12 heteroatoms. The minimum absolute atomic E-state index is 0.0137. The molecule has 2 amide bonds. The highest BCUT2D eigenvalue weighted by Gasteiger charge is 2.20. The number of carbonyl (C=O) groups is 2. The van der Waals surface area contributed by atoms with Gasteiger partial charge in [-0.25, -0.2) is 4.79 Å². The molecule has 0 saturated heterocycles. The molecule has 0 unspecified atom stereocenters. The molecular formula is C19H22N4O7S. The van der Waals surface area contributed by atoms with Crippen molar-refractivity contribution in [1.82, 2.24) is 5.32 Å². The van der Waals surface area contributed by atoms with Gasteiger partial charge >= 0.3 is 16.2 Å². The molecule has 166 valence electrons. The number of carbonyl (C=O) groups excluding carboxylic acids is 2. The lowest BCUT2D eigenvalue weighted by Crippen LogP contribution is -2.35. The second-order valence-corrected chi connectivity index (χ2v) is 7.71. The van der Waals surface area contributed by atoms with Gasteiger partial charge in [-0.15, -0.1) is 0 Å². The van der Waals surface area contributed by atoms with E-state index >= 15 is 0 Å². The molecule has 2 aromatic carbocycles. The van der Waals surface area contributed by atoms with Crippen LogP contribution in [0.15, 0.2) is 47.4 Å². The van der Waals surface area contributed by atoms with Crippen molar-refractivity contribution in [2.45, 2.75) is 11.8 Å². The summed E-state index contributed by atoms with van der Waals surface area (Å²) in [5.74, 6) is -0.889. The topological polar surface area (TPSA) is 156 Å². The highest BCUT2D eigenvalue weighted by molar-refractivity contribution is 7.87. The van der Waals surface area contributed by atoms with E-state index in [-0.39, 0.29) is 28.6 Å². The zero-order valence-corrected chi connectivity index (χ0v) is 17.8. The lowest BCUT2D eigenvalue weighted by molar-refractivity contribution is -0.119. The van der Waals surface area contributed by atoms with E-state index in [1.807, 2.05) is 0 Å². The zero-order valence-electron chi connectivity index (χ0n) is 17.0. The van der Waals surface area contributed by atoms with Gasteiger partial charge in [0, 0.05) is 7.11 Å². The van der Waals surface area contributed by atoms with Crippen LogP contribution < -0.4 is 20.1 Å². The van der Waals surface area contributed by atoms with Crippen molar-refractivity contribution in [2.75, 3.05) is 31.5 Å². The van der Waals surface area contributed by atoms with Crippen LogP contribution in [0, 0.1) is 12.3 Å². The molecule has 2 rings (SSSR count). The van der Waals surface area contributed by atoms with E-state index in [1.54, 1.807) is 25.1 Å². The molecule has 0 atom stereocenters. The summed E-state index contributed by atoms with van der Waals surface area (Å²) in [4.78, 5) is 22.9. The van der Waals surface area contributed by atoms with Crippen molar-refractivity contribution >= 4 is 39.5 Å². The van der Waals surface area contributed by atoms with Crippen molar-refractivity contribution < 1.29 is 31.7 Å². The minimum atomic E-state index is -4.23. The van der Waals surface area contributed by atoms with E-state index in [0.717, 1.165) is 18.7 Å². The first kappa shape index (κ1) is 23.6. The summed E-state index contributed by atoms with van der Waals surface area (Å²) in [6, 6.07) is 10.2. The number of anilines is 2. The highest BCUT2D eigenvalue weighted by atomic mass is 32.2. The Hall–Kier alpha value is -3.64. The van der Waals surface area contributed by atoms with Gasteiger partial charge in [0.15, 0.2) is 0 Å². The zero-order chi connectivity index (χ0) is 23.0. The summed E-state index contributed by atoms with van der Waals surface area (Å²) in [7, 11) is -1.77. The second kappa shape index (κ2) is 10.4. The van der Waals surface area contributed by atoms with Crippen LogP contribution in [0.25, 0.3) is 0 Å². The van der Waals surface area contributed by atoms with E-state index in [9.17, 15) is 18.0 Å². The van der Waals surface area contributed by atoms with E-state index in [0.29, 0.717) is 0 Å². The van der Waals surface area contributed by atoms with Gasteiger partial charge in [0.25, 0.3) is 0 Å². The molecule has 11 nitrogen and oxygen atoms in total. The van der Waals surface area contributed by atoms with Gasteiger partial charge in [0.05, 0.1) is 18.5 Å². The molecule has 0 heterocycles. The van der Waals surface area contributed by atoms with Crippen molar-refractivity contribution in [3.8, 4) is 5.75 Å². The van der Waals surface area contributed by atoms with E-state index in [2.05, 4.69) is 20.7 Å². The Balaban J connectivity index is 2.36. The fraction of sp³-hybridized carbons (Fsp3) is 0.211. The Bertz CT molecular complexity index is 1090. The van der Waals surface area contributed by atoms with Gasteiger partial charge in [0.1, 0.15) is 17.3 Å². The lowest BCUT2D eigenvalue weighted by atomic mass is 10.2. The maximum atomic E-state index is 12.7. The number of guanidine groups is 1. The number of benzene rings is 2. The van der Waals surface area contributed by atoms with Crippen LogP contribution in [0.2, 0.25) is 0 Å². The van der Waals surface area contributed by atoms with E-state index in [4.69, 9.17) is 14.3 Å². The summed E-state index contributed by atoms with van der Waals surface area (Å²) < 4.78 is 39.7. The maximum Gasteiger partial charge on any atom is 0.413 e. The Labute approximate surface area is 179 Å².